The topological polar surface area (TPSA) is 35.6 Å². The smallest absolute Gasteiger partial charge is 0.317 e. The summed E-state index contributed by atoms with van der Waals surface area (Å²) in [6.45, 7) is 10.3. The van der Waals surface area contributed by atoms with Gasteiger partial charge in [-0.1, -0.05) is 34.1 Å². The van der Waals surface area contributed by atoms with Crippen LogP contribution >= 0.6 is 15.9 Å². The summed E-state index contributed by atoms with van der Waals surface area (Å²) < 4.78 is 1.10. The van der Waals surface area contributed by atoms with E-state index in [1.807, 2.05) is 24.8 Å². The minimum atomic E-state index is 0.0579. The average Bonchev–Trinajstić information content (AvgIpc) is 2.52. The van der Waals surface area contributed by atoms with Gasteiger partial charge in [0, 0.05) is 48.2 Å². The van der Waals surface area contributed by atoms with Gasteiger partial charge in [0.2, 0.25) is 0 Å². The molecule has 4 nitrogen and oxygen atoms in total. The number of benzene rings is 1. The van der Waals surface area contributed by atoms with Crippen LogP contribution < -0.4 is 5.32 Å². The molecule has 23 heavy (non-hydrogen) atoms. The Bertz CT molecular complexity index is 572. The molecule has 5 heteroatoms. The van der Waals surface area contributed by atoms with Crippen molar-refractivity contribution >= 4 is 22.0 Å². The molecule has 1 N–H and O–H groups in total. The van der Waals surface area contributed by atoms with E-state index in [0.29, 0.717) is 18.0 Å². The number of rotatable bonds is 4. The van der Waals surface area contributed by atoms with Crippen molar-refractivity contribution in [1.82, 2.24) is 15.1 Å². The summed E-state index contributed by atoms with van der Waals surface area (Å²) in [6.07, 6.45) is 1.96. The van der Waals surface area contributed by atoms with E-state index in [1.54, 1.807) is 0 Å². The molecule has 1 aromatic rings. The molecule has 0 saturated carbocycles. The highest BCUT2D eigenvalue weighted by Gasteiger charge is 2.53. The first-order valence-electron chi connectivity index (χ1n) is 8.18. The SMILES string of the molecule is C=CCN1[C@@H]2CN(C(=O)NC(C)C)C[C@H]1C2c1ccc(Br)cc1. The molecule has 0 aromatic heterocycles. The molecule has 0 radical (unpaired) electrons. The Morgan fingerprint density at radius 3 is 2.48 bits per heavy atom. The minimum absolute atomic E-state index is 0.0579. The lowest BCUT2D eigenvalue weighted by Gasteiger charge is -2.61. The van der Waals surface area contributed by atoms with Crippen molar-refractivity contribution in [3.63, 3.8) is 0 Å². The van der Waals surface area contributed by atoms with E-state index in [1.165, 1.54) is 5.56 Å². The number of piperidine rings is 1. The lowest BCUT2D eigenvalue weighted by molar-refractivity contribution is -0.0707. The van der Waals surface area contributed by atoms with Gasteiger partial charge in [-0.15, -0.1) is 6.58 Å². The van der Waals surface area contributed by atoms with Crippen molar-refractivity contribution in [2.75, 3.05) is 19.6 Å². The van der Waals surface area contributed by atoms with Gasteiger partial charge >= 0.3 is 6.03 Å². The van der Waals surface area contributed by atoms with Crippen molar-refractivity contribution in [2.24, 2.45) is 0 Å². The van der Waals surface area contributed by atoms with Crippen LogP contribution in [0.2, 0.25) is 0 Å². The third kappa shape index (κ3) is 3.17. The Morgan fingerprint density at radius 1 is 1.35 bits per heavy atom. The fourth-order valence-corrected chi connectivity index (χ4v) is 4.09. The zero-order valence-electron chi connectivity index (χ0n) is 13.7. The van der Waals surface area contributed by atoms with Crippen LogP contribution in [0.15, 0.2) is 41.4 Å². The Hall–Kier alpha value is -1.33. The van der Waals surface area contributed by atoms with Crippen LogP contribution in [0.1, 0.15) is 25.3 Å². The number of nitrogens with one attached hydrogen (secondary N) is 1. The third-order valence-electron chi connectivity index (χ3n) is 4.79. The Kier molecular flexibility index (Phi) is 4.78. The number of hydrogen-bond donors (Lipinski definition) is 1. The van der Waals surface area contributed by atoms with Crippen LogP contribution in [0.5, 0.6) is 0 Å². The molecule has 0 aliphatic carbocycles. The van der Waals surface area contributed by atoms with Gasteiger partial charge in [0.1, 0.15) is 0 Å². The molecule has 3 atom stereocenters. The number of amides is 2. The summed E-state index contributed by atoms with van der Waals surface area (Å²) in [5.41, 5.74) is 1.37. The zero-order chi connectivity index (χ0) is 16.6. The monoisotopic (exact) mass is 377 g/mol. The highest BCUT2D eigenvalue weighted by molar-refractivity contribution is 9.10. The number of fused-ring (bicyclic) bond motifs is 2. The number of carbonyl (C=O) groups excluding carboxylic acids is 1. The summed E-state index contributed by atoms with van der Waals surface area (Å²) in [5, 5.41) is 3.00. The van der Waals surface area contributed by atoms with Crippen molar-refractivity contribution < 1.29 is 4.79 Å². The maximum absolute atomic E-state index is 12.3. The molecular formula is C18H24BrN3O. The predicted molar refractivity (Wildman–Crippen MR) is 96.6 cm³/mol. The van der Waals surface area contributed by atoms with Crippen LogP contribution in [0.25, 0.3) is 0 Å². The standard InChI is InChI=1S/C18H24BrN3O/c1-4-9-22-15-10-21(18(23)20-12(2)3)11-16(22)17(15)13-5-7-14(19)8-6-13/h4-8,12,15-17H,1,9-11H2,2-3H3,(H,20,23)/t15-,16+,17?. The maximum Gasteiger partial charge on any atom is 0.317 e. The highest BCUT2D eigenvalue weighted by atomic mass is 79.9. The molecule has 0 spiro atoms. The van der Waals surface area contributed by atoms with Gasteiger partial charge in [-0.3, -0.25) is 4.90 Å². The zero-order valence-corrected chi connectivity index (χ0v) is 15.3. The second-order valence-corrected chi connectivity index (χ2v) is 7.62. The van der Waals surface area contributed by atoms with Crippen molar-refractivity contribution in [3.05, 3.63) is 47.0 Å². The Labute approximate surface area is 146 Å². The number of carbonyl (C=O) groups is 1. The Balaban J connectivity index is 1.75. The molecule has 1 unspecified atom stereocenters. The number of urea groups is 1. The summed E-state index contributed by atoms with van der Waals surface area (Å²) in [7, 11) is 0. The summed E-state index contributed by atoms with van der Waals surface area (Å²) in [6, 6.07) is 9.59. The molecule has 2 aliphatic heterocycles. The number of likely N-dealkylation sites (tertiary alicyclic amines) is 1. The number of piperazine rings is 1. The summed E-state index contributed by atoms with van der Waals surface area (Å²) in [5.74, 6) is 0.506. The normalized spacial score (nSPS) is 26.8. The van der Waals surface area contributed by atoms with E-state index in [-0.39, 0.29) is 12.1 Å². The molecule has 2 aliphatic rings. The van der Waals surface area contributed by atoms with E-state index < -0.39 is 0 Å². The quantitative estimate of drug-likeness (QED) is 0.817. The largest absolute Gasteiger partial charge is 0.336 e. The summed E-state index contributed by atoms with van der Waals surface area (Å²) in [4.78, 5) is 16.7. The fraction of sp³-hybridized carbons (Fsp3) is 0.500. The minimum Gasteiger partial charge on any atom is -0.336 e. The molecule has 2 bridgehead atoms. The van der Waals surface area contributed by atoms with E-state index in [2.05, 4.69) is 57.0 Å². The van der Waals surface area contributed by atoms with Crippen molar-refractivity contribution in [3.8, 4) is 0 Å². The van der Waals surface area contributed by atoms with Gasteiger partial charge in [0.15, 0.2) is 0 Å². The van der Waals surface area contributed by atoms with Crippen molar-refractivity contribution in [2.45, 2.75) is 37.9 Å². The van der Waals surface area contributed by atoms with Gasteiger partial charge in [0.05, 0.1) is 0 Å². The lowest BCUT2D eigenvalue weighted by atomic mass is 9.72. The molecule has 3 rings (SSSR count). The van der Waals surface area contributed by atoms with Crippen LogP contribution in [-0.4, -0.2) is 53.6 Å². The first kappa shape index (κ1) is 16.5. The van der Waals surface area contributed by atoms with Crippen LogP contribution in [0, 0.1) is 0 Å². The van der Waals surface area contributed by atoms with Gasteiger partial charge in [-0.25, -0.2) is 4.79 Å². The van der Waals surface area contributed by atoms with Gasteiger partial charge in [0.25, 0.3) is 0 Å². The lowest BCUT2D eigenvalue weighted by Crippen LogP contribution is -2.74. The molecule has 2 amide bonds. The van der Waals surface area contributed by atoms with Gasteiger partial charge in [-0.05, 0) is 31.5 Å². The molecule has 2 fully saturated rings. The fourth-order valence-electron chi connectivity index (χ4n) is 3.83. The van der Waals surface area contributed by atoms with E-state index >= 15 is 0 Å². The average molecular weight is 378 g/mol. The third-order valence-corrected chi connectivity index (χ3v) is 5.32. The molecule has 124 valence electrons. The second kappa shape index (κ2) is 6.65. The Morgan fingerprint density at radius 2 is 1.96 bits per heavy atom. The van der Waals surface area contributed by atoms with E-state index in [9.17, 15) is 4.79 Å². The van der Waals surface area contributed by atoms with Crippen molar-refractivity contribution in [1.29, 1.82) is 0 Å². The second-order valence-electron chi connectivity index (χ2n) is 6.71. The van der Waals surface area contributed by atoms with Crippen LogP contribution in [0.4, 0.5) is 4.79 Å². The van der Waals surface area contributed by atoms with E-state index in [4.69, 9.17) is 0 Å². The van der Waals surface area contributed by atoms with E-state index in [0.717, 1.165) is 24.1 Å². The molecule has 2 heterocycles. The number of hydrogen-bond acceptors (Lipinski definition) is 2. The van der Waals surface area contributed by atoms with Crippen LogP contribution in [0.3, 0.4) is 0 Å². The first-order valence-corrected chi connectivity index (χ1v) is 8.98. The summed E-state index contributed by atoms with van der Waals surface area (Å²) >= 11 is 3.50. The number of halogens is 1. The van der Waals surface area contributed by atoms with Gasteiger partial charge in [-0.2, -0.15) is 0 Å². The predicted octanol–water partition coefficient (Wildman–Crippen LogP) is 3.21. The van der Waals surface area contributed by atoms with Gasteiger partial charge < -0.3 is 10.2 Å². The number of nitrogens with zero attached hydrogens (tertiary/aromatic N) is 2. The first-order chi connectivity index (χ1) is 11.0. The highest BCUT2D eigenvalue weighted by Crippen LogP contribution is 2.44. The maximum atomic E-state index is 12.3. The molecule has 1 aromatic carbocycles. The molecule has 2 saturated heterocycles. The van der Waals surface area contributed by atoms with Crippen LogP contribution in [-0.2, 0) is 0 Å². The molecular weight excluding hydrogens is 354 g/mol.